The van der Waals surface area contributed by atoms with Crippen LogP contribution in [0.5, 0.6) is 0 Å². The molecule has 1 amide bonds. The van der Waals surface area contributed by atoms with Crippen LogP contribution in [-0.2, 0) is 0 Å². The van der Waals surface area contributed by atoms with Crippen LogP contribution in [0.2, 0.25) is 0 Å². The molecule has 0 radical (unpaired) electrons. The van der Waals surface area contributed by atoms with Gasteiger partial charge in [-0.1, -0.05) is 58.8 Å². The molecular formula is C29H33Br2N3O2S3. The number of carbonyl (C=O) groups excluding carboxylic acids is 1. The molecule has 0 bridgehead atoms. The fourth-order valence-electron chi connectivity index (χ4n) is 5.55. The van der Waals surface area contributed by atoms with Crippen molar-refractivity contribution in [1.82, 2.24) is 13.6 Å². The quantitative estimate of drug-likeness (QED) is 0.140. The Morgan fingerprint density at radius 3 is 2.10 bits per heavy atom. The first-order valence-electron chi connectivity index (χ1n) is 13.7. The molecule has 0 spiro atoms. The Morgan fingerprint density at radius 2 is 1.46 bits per heavy atom. The third-order valence-electron chi connectivity index (χ3n) is 7.56. The van der Waals surface area contributed by atoms with E-state index in [4.69, 9.17) is 0 Å². The number of aliphatic hydroxyl groups is 1. The summed E-state index contributed by atoms with van der Waals surface area (Å²) in [6.45, 7) is 5.10. The number of halogens is 2. The summed E-state index contributed by atoms with van der Waals surface area (Å²) in [7, 11) is 0. The highest BCUT2D eigenvalue weighted by Gasteiger charge is 2.42. The van der Waals surface area contributed by atoms with Gasteiger partial charge in [0.15, 0.2) is 6.23 Å². The van der Waals surface area contributed by atoms with E-state index in [1.807, 2.05) is 24.3 Å². The normalized spacial score (nSPS) is 16.0. The van der Waals surface area contributed by atoms with E-state index < -0.39 is 6.23 Å². The van der Waals surface area contributed by atoms with E-state index in [1.165, 1.54) is 44.9 Å². The summed E-state index contributed by atoms with van der Waals surface area (Å²) in [6.07, 6.45) is 10.0. The van der Waals surface area contributed by atoms with Gasteiger partial charge in [-0.3, -0.25) is 4.79 Å². The van der Waals surface area contributed by atoms with Crippen LogP contribution in [0, 0.1) is 5.92 Å². The van der Waals surface area contributed by atoms with Crippen molar-refractivity contribution in [3.8, 4) is 20.9 Å². The predicted molar refractivity (Wildman–Crippen MR) is 172 cm³/mol. The monoisotopic (exact) mass is 709 g/mol. The molecule has 0 saturated carbocycles. The molecule has 0 aliphatic carbocycles. The van der Waals surface area contributed by atoms with Crippen molar-refractivity contribution in [3.05, 3.63) is 43.0 Å². The number of hydrogen-bond acceptors (Lipinski definition) is 7. The van der Waals surface area contributed by atoms with Gasteiger partial charge in [0.25, 0.3) is 5.91 Å². The van der Waals surface area contributed by atoms with Gasteiger partial charge in [0.05, 0.1) is 24.9 Å². The smallest absolute Gasteiger partial charge is 0.257 e. The number of benzene rings is 1. The lowest BCUT2D eigenvalue weighted by Gasteiger charge is -2.22. The lowest BCUT2D eigenvalue weighted by molar-refractivity contribution is 0.0168. The number of aliphatic hydroxyl groups excluding tert-OH is 1. The first kappa shape index (κ1) is 29.3. The first-order chi connectivity index (χ1) is 18.9. The first-order valence-corrected chi connectivity index (χ1v) is 17.7. The number of thiophene rings is 2. The number of hydrogen-bond donors (Lipinski definition) is 1. The molecule has 4 heterocycles. The summed E-state index contributed by atoms with van der Waals surface area (Å²) >= 11 is 11.4. The fourth-order valence-corrected chi connectivity index (χ4v) is 9.00. The van der Waals surface area contributed by atoms with E-state index in [0.29, 0.717) is 23.6 Å². The van der Waals surface area contributed by atoms with Gasteiger partial charge in [-0.05, 0) is 74.9 Å². The van der Waals surface area contributed by atoms with Gasteiger partial charge >= 0.3 is 0 Å². The van der Waals surface area contributed by atoms with Crippen LogP contribution in [0.4, 0.5) is 0 Å². The van der Waals surface area contributed by atoms with E-state index in [2.05, 4.69) is 54.5 Å². The maximum absolute atomic E-state index is 14.0. The van der Waals surface area contributed by atoms with Crippen LogP contribution in [0.15, 0.2) is 31.8 Å². The van der Waals surface area contributed by atoms with Crippen LogP contribution in [0.1, 0.15) is 93.8 Å². The maximum atomic E-state index is 14.0. The predicted octanol–water partition coefficient (Wildman–Crippen LogP) is 10.3. The summed E-state index contributed by atoms with van der Waals surface area (Å²) in [5.74, 6) is 0.497. The Labute approximate surface area is 259 Å². The summed E-state index contributed by atoms with van der Waals surface area (Å²) in [4.78, 5) is 17.6. The van der Waals surface area contributed by atoms with Crippen LogP contribution >= 0.6 is 66.3 Å². The van der Waals surface area contributed by atoms with Crippen molar-refractivity contribution >= 4 is 83.2 Å². The van der Waals surface area contributed by atoms with Gasteiger partial charge < -0.3 is 10.0 Å². The van der Waals surface area contributed by atoms with Gasteiger partial charge in [-0.2, -0.15) is 8.75 Å². The molecule has 4 aromatic rings. The van der Waals surface area contributed by atoms with Crippen LogP contribution in [0.3, 0.4) is 0 Å². The molecular weight excluding hydrogens is 678 g/mol. The van der Waals surface area contributed by atoms with Crippen molar-refractivity contribution in [3.63, 3.8) is 0 Å². The number of amides is 1. The van der Waals surface area contributed by atoms with E-state index in [1.54, 1.807) is 27.6 Å². The van der Waals surface area contributed by atoms with E-state index >= 15 is 0 Å². The zero-order valence-corrected chi connectivity index (χ0v) is 27.8. The molecule has 39 heavy (non-hydrogen) atoms. The van der Waals surface area contributed by atoms with E-state index in [0.717, 1.165) is 64.1 Å². The standard InChI is InChI=1S/C29H33Br2N3O2S3/c1-3-4-5-6-7-8-10-17(2)11-9-16-34-28(35)24-22(18-12-14-20(30)37-18)26-27(33-39-32-26)23(25(24)29(34)36)19-13-15-21(31)38-19/h12-15,17,28,35H,3-11,16H2,1-2H3. The van der Waals surface area contributed by atoms with Crippen LogP contribution in [-0.4, -0.2) is 31.2 Å². The average molecular weight is 712 g/mol. The van der Waals surface area contributed by atoms with Crippen LogP contribution in [0.25, 0.3) is 31.9 Å². The highest BCUT2D eigenvalue weighted by molar-refractivity contribution is 9.11. The third-order valence-corrected chi connectivity index (χ3v) is 11.4. The van der Waals surface area contributed by atoms with Gasteiger partial charge in [-0.15, -0.1) is 22.7 Å². The molecule has 1 aromatic carbocycles. The second-order valence-corrected chi connectivity index (χ2v) is 15.8. The summed E-state index contributed by atoms with van der Waals surface area (Å²) < 4.78 is 11.3. The highest BCUT2D eigenvalue weighted by Crippen LogP contribution is 2.51. The molecule has 208 valence electrons. The number of carbonyl (C=O) groups is 1. The lowest BCUT2D eigenvalue weighted by atomic mass is 9.93. The molecule has 0 saturated heterocycles. The van der Waals surface area contributed by atoms with Crippen molar-refractivity contribution in [2.45, 2.75) is 77.9 Å². The Hall–Kier alpha value is -1.17. The summed E-state index contributed by atoms with van der Waals surface area (Å²) in [6, 6.07) is 8.01. The molecule has 1 aliphatic rings. The van der Waals surface area contributed by atoms with Gasteiger partial charge in [0.2, 0.25) is 0 Å². The lowest BCUT2D eigenvalue weighted by Crippen LogP contribution is -2.29. The Balaban J connectivity index is 1.41. The zero-order valence-electron chi connectivity index (χ0n) is 22.2. The van der Waals surface area contributed by atoms with E-state index in [-0.39, 0.29) is 5.91 Å². The van der Waals surface area contributed by atoms with Crippen molar-refractivity contribution < 1.29 is 9.90 Å². The largest absolute Gasteiger partial charge is 0.369 e. The molecule has 5 nitrogen and oxygen atoms in total. The third kappa shape index (κ3) is 6.21. The number of nitrogens with zero attached hydrogens (tertiary/aromatic N) is 3. The molecule has 1 aliphatic heterocycles. The minimum Gasteiger partial charge on any atom is -0.369 e. The van der Waals surface area contributed by atoms with Crippen molar-refractivity contribution in [2.75, 3.05) is 6.54 Å². The number of fused-ring (bicyclic) bond motifs is 2. The average Bonchev–Trinajstić information content (AvgIpc) is 3.70. The van der Waals surface area contributed by atoms with E-state index in [9.17, 15) is 9.90 Å². The second kappa shape index (κ2) is 13.2. The molecule has 2 unspecified atom stereocenters. The minimum absolute atomic E-state index is 0.118. The molecule has 5 rings (SSSR count). The van der Waals surface area contributed by atoms with Crippen molar-refractivity contribution in [2.24, 2.45) is 5.92 Å². The maximum Gasteiger partial charge on any atom is 0.257 e. The summed E-state index contributed by atoms with van der Waals surface area (Å²) in [5.41, 5.74) is 4.30. The summed E-state index contributed by atoms with van der Waals surface area (Å²) in [5, 5.41) is 11.7. The topological polar surface area (TPSA) is 66.3 Å². The van der Waals surface area contributed by atoms with Crippen LogP contribution < -0.4 is 0 Å². The SMILES string of the molecule is CCCCCCCCC(C)CCCN1C(=O)c2c(c(-c3ccc(Br)s3)c3nsnc3c2-c2ccc(Br)s2)C1O. The minimum atomic E-state index is -1.01. The second-order valence-electron chi connectivity index (χ2n) is 10.4. The Morgan fingerprint density at radius 1 is 0.872 bits per heavy atom. The van der Waals surface area contributed by atoms with Crippen molar-refractivity contribution in [1.29, 1.82) is 0 Å². The molecule has 3 aromatic heterocycles. The van der Waals surface area contributed by atoms with Gasteiger partial charge in [-0.25, -0.2) is 0 Å². The number of rotatable bonds is 13. The van der Waals surface area contributed by atoms with Gasteiger partial charge in [0.1, 0.15) is 11.0 Å². The molecule has 2 atom stereocenters. The number of unbranched alkanes of at least 4 members (excludes halogenated alkanes) is 5. The molecule has 0 fully saturated rings. The fraction of sp³-hybridized carbons (Fsp3) is 0.483. The zero-order chi connectivity index (χ0) is 27.5. The van der Waals surface area contributed by atoms with Gasteiger partial charge in [0, 0.05) is 33.0 Å². The number of aromatic nitrogens is 2. The highest BCUT2D eigenvalue weighted by atomic mass is 79.9. The Bertz CT molecular complexity index is 1450. The molecule has 1 N–H and O–H groups in total. The Kier molecular flexibility index (Phi) is 9.93. The molecule has 10 heteroatoms.